The van der Waals surface area contributed by atoms with Crippen LogP contribution in [0.4, 0.5) is 5.82 Å². The van der Waals surface area contributed by atoms with Crippen LogP contribution in [0.1, 0.15) is 20.3 Å². The third kappa shape index (κ3) is 1.92. The van der Waals surface area contributed by atoms with Crippen LogP contribution >= 0.6 is 0 Å². The summed E-state index contributed by atoms with van der Waals surface area (Å²) in [5, 5.41) is 0. The lowest BCUT2D eigenvalue weighted by Crippen LogP contribution is -2.44. The minimum atomic E-state index is 0.694. The van der Waals surface area contributed by atoms with Gasteiger partial charge in [0.1, 0.15) is 5.82 Å². The van der Waals surface area contributed by atoms with Crippen molar-refractivity contribution in [2.24, 2.45) is 0 Å². The lowest BCUT2D eigenvalue weighted by molar-refractivity contribution is 0.292. The van der Waals surface area contributed by atoms with Gasteiger partial charge in [0.05, 0.1) is 0 Å². The molecule has 2 atom stereocenters. The van der Waals surface area contributed by atoms with Crippen molar-refractivity contribution in [1.82, 2.24) is 9.88 Å². The molecule has 3 nitrogen and oxygen atoms in total. The number of hydrogen-bond donors (Lipinski definition) is 0. The second-order valence-corrected chi connectivity index (χ2v) is 4.32. The van der Waals surface area contributed by atoms with Crippen molar-refractivity contribution in [3.05, 3.63) is 24.4 Å². The molecule has 88 valence electrons. The molecule has 0 amide bonds. The van der Waals surface area contributed by atoms with Crippen molar-refractivity contribution in [1.29, 1.82) is 0 Å². The van der Waals surface area contributed by atoms with Crippen LogP contribution in [0.2, 0.25) is 0 Å². The maximum atomic E-state index is 4.41. The number of aromatic nitrogens is 1. The third-order valence-corrected chi connectivity index (χ3v) is 3.46. The van der Waals surface area contributed by atoms with Gasteiger partial charge in [0.15, 0.2) is 0 Å². The van der Waals surface area contributed by atoms with Gasteiger partial charge in [0.2, 0.25) is 0 Å². The van der Waals surface area contributed by atoms with Gasteiger partial charge in [-0.1, -0.05) is 19.9 Å². The molecule has 1 aromatic rings. The second-order valence-electron chi connectivity index (χ2n) is 4.32. The molecule has 3 heterocycles. The molecule has 2 saturated heterocycles. The molecule has 16 heavy (non-hydrogen) atoms. The summed E-state index contributed by atoms with van der Waals surface area (Å²) in [6.45, 7) is 6.35. The maximum Gasteiger partial charge on any atom is 0.128 e. The molecule has 0 radical (unpaired) electrons. The largest absolute Gasteiger partial charge is 0.351 e. The molecule has 0 aromatic carbocycles. The summed E-state index contributed by atoms with van der Waals surface area (Å²) in [5.74, 6) is 1.15. The van der Waals surface area contributed by atoms with E-state index in [1.54, 1.807) is 0 Å². The number of hydrogen-bond acceptors (Lipinski definition) is 3. The number of fused-ring (bicyclic) bond motifs is 2. The van der Waals surface area contributed by atoms with E-state index in [0.717, 1.165) is 18.4 Å². The molecule has 0 spiro atoms. The van der Waals surface area contributed by atoms with E-state index in [9.17, 15) is 0 Å². The van der Waals surface area contributed by atoms with E-state index in [4.69, 9.17) is 0 Å². The first kappa shape index (κ1) is 11.4. The van der Waals surface area contributed by atoms with Crippen LogP contribution in [-0.2, 0) is 0 Å². The van der Waals surface area contributed by atoms with Gasteiger partial charge in [-0.15, -0.1) is 0 Å². The summed E-state index contributed by atoms with van der Waals surface area (Å²) in [7, 11) is 2.22. The normalized spacial score (nSPS) is 27.8. The van der Waals surface area contributed by atoms with Crippen LogP contribution in [0.15, 0.2) is 24.4 Å². The highest BCUT2D eigenvalue weighted by Crippen LogP contribution is 2.32. The number of rotatable bonds is 1. The molecule has 1 aromatic heterocycles. The average molecular weight is 219 g/mol. The van der Waals surface area contributed by atoms with Crippen molar-refractivity contribution in [3.63, 3.8) is 0 Å². The average Bonchev–Trinajstić information content (AvgIpc) is 2.91. The van der Waals surface area contributed by atoms with E-state index >= 15 is 0 Å². The molecular formula is C13H21N3. The van der Waals surface area contributed by atoms with Crippen molar-refractivity contribution in [2.75, 3.05) is 25.0 Å². The molecule has 2 aliphatic rings. The number of piperazine rings is 1. The number of pyridine rings is 1. The molecule has 0 saturated carbocycles. The zero-order valence-corrected chi connectivity index (χ0v) is 10.4. The van der Waals surface area contributed by atoms with E-state index in [-0.39, 0.29) is 0 Å². The fourth-order valence-corrected chi connectivity index (χ4v) is 2.67. The Morgan fingerprint density at radius 3 is 2.50 bits per heavy atom. The van der Waals surface area contributed by atoms with Gasteiger partial charge in [-0.05, 0) is 25.6 Å². The summed E-state index contributed by atoms with van der Waals surface area (Å²) < 4.78 is 0. The quantitative estimate of drug-likeness (QED) is 0.720. The highest BCUT2D eigenvalue weighted by Gasteiger charge is 2.41. The van der Waals surface area contributed by atoms with E-state index in [1.807, 2.05) is 26.1 Å². The lowest BCUT2D eigenvalue weighted by Gasteiger charge is -2.32. The fourth-order valence-electron chi connectivity index (χ4n) is 2.67. The number of likely N-dealkylation sites (N-methyl/N-ethyl adjacent to an activating group) is 1. The number of nitrogens with zero attached hydrogens (tertiary/aromatic N) is 3. The van der Waals surface area contributed by atoms with Gasteiger partial charge in [-0.2, -0.15) is 0 Å². The SMILES string of the molecule is CC.CN1CC2CC1CN2c1ccccn1. The van der Waals surface area contributed by atoms with E-state index in [0.29, 0.717) is 6.04 Å². The van der Waals surface area contributed by atoms with Gasteiger partial charge in [0.25, 0.3) is 0 Å². The Labute approximate surface area is 98.1 Å². The molecule has 3 heteroatoms. The Balaban J connectivity index is 0.000000457. The zero-order chi connectivity index (χ0) is 11.5. The lowest BCUT2D eigenvalue weighted by atomic mass is 10.2. The van der Waals surface area contributed by atoms with Crippen LogP contribution in [0.5, 0.6) is 0 Å². The van der Waals surface area contributed by atoms with E-state index < -0.39 is 0 Å². The summed E-state index contributed by atoms with van der Waals surface area (Å²) >= 11 is 0. The molecule has 2 aliphatic heterocycles. The Bertz CT molecular complexity index is 323. The Morgan fingerprint density at radius 2 is 2.00 bits per heavy atom. The Hall–Kier alpha value is -1.09. The van der Waals surface area contributed by atoms with Gasteiger partial charge in [0, 0.05) is 31.4 Å². The number of likely N-dealkylation sites (tertiary alicyclic amines) is 1. The van der Waals surface area contributed by atoms with Crippen LogP contribution < -0.4 is 4.90 Å². The molecule has 3 rings (SSSR count). The van der Waals surface area contributed by atoms with E-state index in [1.165, 1.54) is 13.0 Å². The predicted octanol–water partition coefficient (Wildman–Crippen LogP) is 2.00. The molecular weight excluding hydrogens is 198 g/mol. The van der Waals surface area contributed by atoms with Crippen molar-refractivity contribution in [3.8, 4) is 0 Å². The molecule has 2 fully saturated rings. The first-order valence-corrected chi connectivity index (χ1v) is 6.22. The van der Waals surface area contributed by atoms with Gasteiger partial charge in [-0.25, -0.2) is 4.98 Å². The van der Waals surface area contributed by atoms with Crippen LogP contribution in [-0.4, -0.2) is 42.1 Å². The van der Waals surface area contributed by atoms with Crippen molar-refractivity contribution < 1.29 is 0 Å². The van der Waals surface area contributed by atoms with Crippen molar-refractivity contribution >= 4 is 5.82 Å². The topological polar surface area (TPSA) is 19.4 Å². The zero-order valence-electron chi connectivity index (χ0n) is 10.4. The van der Waals surface area contributed by atoms with Gasteiger partial charge < -0.3 is 4.90 Å². The summed E-state index contributed by atoms with van der Waals surface area (Å²) in [6, 6.07) is 7.60. The number of anilines is 1. The smallest absolute Gasteiger partial charge is 0.128 e. The Kier molecular flexibility index (Phi) is 3.44. The monoisotopic (exact) mass is 219 g/mol. The van der Waals surface area contributed by atoms with E-state index in [2.05, 4.69) is 34.0 Å². The van der Waals surface area contributed by atoms with Crippen LogP contribution in [0, 0.1) is 0 Å². The second kappa shape index (κ2) is 4.83. The molecule has 2 unspecified atom stereocenters. The first-order valence-electron chi connectivity index (χ1n) is 6.22. The maximum absolute atomic E-state index is 4.41. The van der Waals surface area contributed by atoms with Crippen molar-refractivity contribution in [2.45, 2.75) is 32.4 Å². The summed E-state index contributed by atoms with van der Waals surface area (Å²) in [4.78, 5) is 9.32. The third-order valence-electron chi connectivity index (χ3n) is 3.46. The Morgan fingerprint density at radius 1 is 1.19 bits per heavy atom. The minimum absolute atomic E-state index is 0.694. The standard InChI is InChI=1S/C11H15N3.C2H6/c1-13-7-10-6-9(13)8-14(10)11-4-2-3-5-12-11;1-2/h2-5,9-10H,6-8H2,1H3;1-2H3. The summed E-state index contributed by atoms with van der Waals surface area (Å²) in [5.41, 5.74) is 0. The van der Waals surface area contributed by atoms with Crippen LogP contribution in [0.3, 0.4) is 0 Å². The fraction of sp³-hybridized carbons (Fsp3) is 0.615. The molecule has 0 N–H and O–H groups in total. The molecule has 2 bridgehead atoms. The van der Waals surface area contributed by atoms with Gasteiger partial charge >= 0.3 is 0 Å². The minimum Gasteiger partial charge on any atom is -0.351 e. The highest BCUT2D eigenvalue weighted by atomic mass is 15.4. The highest BCUT2D eigenvalue weighted by molar-refractivity contribution is 5.42. The first-order chi connectivity index (χ1) is 7.84. The van der Waals surface area contributed by atoms with Gasteiger partial charge in [-0.3, -0.25) is 4.90 Å². The van der Waals surface area contributed by atoms with Crippen LogP contribution in [0.25, 0.3) is 0 Å². The summed E-state index contributed by atoms with van der Waals surface area (Å²) in [6.07, 6.45) is 3.19. The predicted molar refractivity (Wildman–Crippen MR) is 67.8 cm³/mol. The molecule has 0 aliphatic carbocycles.